The minimum absolute atomic E-state index is 0.243. The maximum atomic E-state index is 12.7. The van der Waals surface area contributed by atoms with Gasteiger partial charge in [-0.1, -0.05) is 23.2 Å². The molecule has 0 aliphatic carbocycles. The minimum Gasteiger partial charge on any atom is -0.344 e. The first kappa shape index (κ1) is 17.7. The maximum absolute atomic E-state index is 12.7. The van der Waals surface area contributed by atoms with Crippen LogP contribution in [0.4, 0.5) is 5.69 Å². The van der Waals surface area contributed by atoms with E-state index in [2.05, 4.69) is 26.3 Å². The SMILES string of the molecule is CN1C[C@H](c2c(Br)c(Cl)nn2C)[C@@H](C(=O)Nc2ccsc2Cl)C1=O. The number of carbonyl (C=O) groups excluding carboxylic acids is 2. The number of rotatable bonds is 3. The third kappa shape index (κ3) is 2.96. The molecular weight excluding hydrogens is 439 g/mol. The molecule has 0 radical (unpaired) electrons. The number of aromatic nitrogens is 2. The molecule has 1 aliphatic heterocycles. The second kappa shape index (κ2) is 6.67. The lowest BCUT2D eigenvalue weighted by molar-refractivity contribution is -0.135. The predicted octanol–water partition coefficient (Wildman–Crippen LogP) is 3.36. The van der Waals surface area contributed by atoms with Gasteiger partial charge in [-0.25, -0.2) is 0 Å². The van der Waals surface area contributed by atoms with Crippen molar-refractivity contribution < 1.29 is 9.59 Å². The molecule has 128 valence electrons. The molecule has 24 heavy (non-hydrogen) atoms. The lowest BCUT2D eigenvalue weighted by Crippen LogP contribution is -2.33. The van der Waals surface area contributed by atoms with E-state index in [0.717, 1.165) is 0 Å². The number of halogens is 3. The molecule has 2 amide bonds. The second-order valence-electron chi connectivity index (χ2n) is 5.51. The van der Waals surface area contributed by atoms with E-state index < -0.39 is 5.92 Å². The van der Waals surface area contributed by atoms with E-state index in [-0.39, 0.29) is 17.7 Å². The van der Waals surface area contributed by atoms with Crippen LogP contribution < -0.4 is 5.32 Å². The van der Waals surface area contributed by atoms with Gasteiger partial charge in [-0.05, 0) is 27.4 Å². The van der Waals surface area contributed by atoms with Gasteiger partial charge in [0.15, 0.2) is 5.15 Å². The van der Waals surface area contributed by atoms with Gasteiger partial charge in [-0.2, -0.15) is 5.10 Å². The molecule has 0 saturated carbocycles. The van der Waals surface area contributed by atoms with Gasteiger partial charge in [0.05, 0.1) is 15.9 Å². The zero-order valence-electron chi connectivity index (χ0n) is 12.7. The normalized spacial score (nSPS) is 20.7. The Hall–Kier alpha value is -1.09. The predicted molar refractivity (Wildman–Crippen MR) is 97.7 cm³/mol. The van der Waals surface area contributed by atoms with Crippen LogP contribution in [0, 0.1) is 5.92 Å². The molecule has 6 nitrogen and oxygen atoms in total. The Balaban J connectivity index is 1.95. The molecule has 0 spiro atoms. The number of thiophene rings is 1. The van der Waals surface area contributed by atoms with Crippen LogP contribution in [0.5, 0.6) is 0 Å². The van der Waals surface area contributed by atoms with Crippen molar-refractivity contribution in [3.05, 3.63) is 31.1 Å². The first-order valence-corrected chi connectivity index (χ1v) is 9.40. The van der Waals surface area contributed by atoms with Crippen molar-refractivity contribution in [2.24, 2.45) is 13.0 Å². The molecule has 1 saturated heterocycles. The van der Waals surface area contributed by atoms with E-state index >= 15 is 0 Å². The third-order valence-electron chi connectivity index (χ3n) is 4.02. The molecule has 2 aromatic rings. The molecule has 2 atom stereocenters. The molecule has 1 fully saturated rings. The Morgan fingerprint density at radius 2 is 2.17 bits per heavy atom. The van der Waals surface area contributed by atoms with E-state index in [4.69, 9.17) is 23.2 Å². The summed E-state index contributed by atoms with van der Waals surface area (Å²) in [6, 6.07) is 1.71. The number of likely N-dealkylation sites (N-methyl/N-ethyl adjacent to an activating group) is 1. The first-order valence-electron chi connectivity index (χ1n) is 6.98. The fourth-order valence-electron chi connectivity index (χ4n) is 2.91. The molecule has 0 bridgehead atoms. The van der Waals surface area contributed by atoms with Gasteiger partial charge < -0.3 is 10.2 Å². The van der Waals surface area contributed by atoms with Crippen molar-refractivity contribution in [3.63, 3.8) is 0 Å². The Bertz CT molecular complexity index is 822. The van der Waals surface area contributed by atoms with Gasteiger partial charge in [0.25, 0.3) is 0 Å². The molecule has 1 aliphatic rings. The number of nitrogens with zero attached hydrogens (tertiary/aromatic N) is 3. The molecular formula is C14H13BrCl2N4O2S. The van der Waals surface area contributed by atoms with Gasteiger partial charge >= 0.3 is 0 Å². The van der Waals surface area contributed by atoms with Crippen LogP contribution in [-0.2, 0) is 16.6 Å². The van der Waals surface area contributed by atoms with E-state index in [1.54, 1.807) is 30.2 Å². The number of nitrogens with one attached hydrogen (secondary N) is 1. The number of carbonyl (C=O) groups is 2. The van der Waals surface area contributed by atoms with Crippen LogP contribution in [0.15, 0.2) is 15.9 Å². The Labute approximate surface area is 160 Å². The van der Waals surface area contributed by atoms with Crippen molar-refractivity contribution in [2.75, 3.05) is 18.9 Å². The average molecular weight is 452 g/mol. The van der Waals surface area contributed by atoms with Crippen molar-refractivity contribution in [1.29, 1.82) is 0 Å². The fourth-order valence-corrected chi connectivity index (χ4v) is 4.59. The smallest absolute Gasteiger partial charge is 0.237 e. The highest BCUT2D eigenvalue weighted by Gasteiger charge is 2.46. The van der Waals surface area contributed by atoms with Crippen LogP contribution in [0.1, 0.15) is 11.6 Å². The van der Waals surface area contributed by atoms with Crippen LogP contribution in [-0.4, -0.2) is 40.1 Å². The van der Waals surface area contributed by atoms with Gasteiger partial charge in [0.1, 0.15) is 10.3 Å². The molecule has 0 aromatic carbocycles. The second-order valence-corrected chi connectivity index (χ2v) is 8.18. The largest absolute Gasteiger partial charge is 0.344 e. The van der Waals surface area contributed by atoms with Crippen LogP contribution >= 0.6 is 50.5 Å². The number of amides is 2. The topological polar surface area (TPSA) is 67.2 Å². The van der Waals surface area contributed by atoms with Gasteiger partial charge in [-0.3, -0.25) is 14.3 Å². The quantitative estimate of drug-likeness (QED) is 0.727. The molecule has 0 unspecified atom stereocenters. The van der Waals surface area contributed by atoms with E-state index in [1.807, 2.05) is 0 Å². The summed E-state index contributed by atoms with van der Waals surface area (Å²) in [6.07, 6.45) is 0. The number of anilines is 1. The summed E-state index contributed by atoms with van der Waals surface area (Å²) in [4.78, 5) is 26.8. The molecule has 10 heteroatoms. The number of aryl methyl sites for hydroxylation is 1. The summed E-state index contributed by atoms with van der Waals surface area (Å²) >= 11 is 16.8. The first-order chi connectivity index (χ1) is 11.3. The molecule has 1 N–H and O–H groups in total. The van der Waals surface area contributed by atoms with Gasteiger partial charge in [0, 0.05) is 26.6 Å². The Kier molecular flexibility index (Phi) is 4.92. The van der Waals surface area contributed by atoms with E-state index in [9.17, 15) is 9.59 Å². The van der Waals surface area contributed by atoms with Crippen molar-refractivity contribution in [1.82, 2.24) is 14.7 Å². The lowest BCUT2D eigenvalue weighted by Gasteiger charge is -2.17. The Morgan fingerprint density at radius 1 is 1.46 bits per heavy atom. The standard InChI is InChI=1S/C14H13BrCl2N4O2S/c1-20-5-6(10-9(15)11(16)19-21(10)2)8(14(20)23)13(22)18-7-3-4-24-12(7)17/h3-4,6,8H,5H2,1-2H3,(H,18,22)/t6-,8-/m0/s1. The lowest BCUT2D eigenvalue weighted by atomic mass is 9.91. The minimum atomic E-state index is -0.867. The monoisotopic (exact) mass is 450 g/mol. The van der Waals surface area contributed by atoms with Crippen molar-refractivity contribution in [2.45, 2.75) is 5.92 Å². The summed E-state index contributed by atoms with van der Waals surface area (Å²) in [5.41, 5.74) is 1.23. The average Bonchev–Trinajstić information content (AvgIpc) is 3.11. The zero-order chi connectivity index (χ0) is 17.6. The maximum Gasteiger partial charge on any atom is 0.237 e. The van der Waals surface area contributed by atoms with E-state index in [1.165, 1.54) is 16.2 Å². The summed E-state index contributed by atoms with van der Waals surface area (Å²) in [5.74, 6) is -1.86. The molecule has 3 rings (SSSR count). The van der Waals surface area contributed by atoms with Gasteiger partial charge in [-0.15, -0.1) is 11.3 Å². The molecule has 3 heterocycles. The van der Waals surface area contributed by atoms with Crippen LogP contribution in [0.3, 0.4) is 0 Å². The summed E-state index contributed by atoms with van der Waals surface area (Å²) in [7, 11) is 3.41. The third-order valence-corrected chi connectivity index (χ3v) is 6.46. The van der Waals surface area contributed by atoms with Crippen LogP contribution in [0.25, 0.3) is 0 Å². The van der Waals surface area contributed by atoms with Crippen molar-refractivity contribution in [3.8, 4) is 0 Å². The highest BCUT2D eigenvalue weighted by atomic mass is 79.9. The fraction of sp³-hybridized carbons (Fsp3) is 0.357. The van der Waals surface area contributed by atoms with E-state index in [0.29, 0.717) is 31.9 Å². The zero-order valence-corrected chi connectivity index (χ0v) is 16.6. The highest BCUT2D eigenvalue weighted by Crippen LogP contribution is 2.40. The number of hydrogen-bond donors (Lipinski definition) is 1. The Morgan fingerprint density at radius 3 is 2.71 bits per heavy atom. The molecule has 2 aromatic heterocycles. The number of likely N-dealkylation sites (tertiary alicyclic amines) is 1. The summed E-state index contributed by atoms with van der Waals surface area (Å²) in [6.45, 7) is 0.406. The van der Waals surface area contributed by atoms with Gasteiger partial charge in [0.2, 0.25) is 11.8 Å². The van der Waals surface area contributed by atoms with Crippen LogP contribution in [0.2, 0.25) is 9.49 Å². The van der Waals surface area contributed by atoms with Crippen molar-refractivity contribution >= 4 is 68.0 Å². The summed E-state index contributed by atoms with van der Waals surface area (Å²) in [5, 5.41) is 8.96. The summed E-state index contributed by atoms with van der Waals surface area (Å²) < 4.78 is 2.68. The number of hydrogen-bond acceptors (Lipinski definition) is 4. The highest BCUT2D eigenvalue weighted by molar-refractivity contribution is 9.10.